The largest absolute Gasteiger partial charge is 0.327 e. The number of hydrogen-bond donors (Lipinski definition) is 1. The Kier molecular flexibility index (Phi) is 6.28. The smallest absolute Gasteiger partial charge is 0.0131 e. The summed E-state index contributed by atoms with van der Waals surface area (Å²) in [6, 6.07) is 0.363. The second-order valence-corrected chi connectivity index (χ2v) is 7.77. The molecule has 1 rings (SSSR count). The molecule has 0 aromatic heterocycles. The second kappa shape index (κ2) is 7.05. The third-order valence-electron chi connectivity index (χ3n) is 4.55. The lowest BCUT2D eigenvalue weighted by Crippen LogP contribution is -2.44. The molecule has 1 saturated carbocycles. The third-order valence-corrected chi connectivity index (χ3v) is 4.55. The maximum absolute atomic E-state index is 6.45. The normalized spacial score (nSPS) is 26.8. The van der Waals surface area contributed by atoms with Crippen molar-refractivity contribution < 1.29 is 0 Å². The molecule has 0 aliphatic heterocycles. The van der Waals surface area contributed by atoms with Crippen LogP contribution in [0.3, 0.4) is 0 Å². The summed E-state index contributed by atoms with van der Waals surface area (Å²) in [4.78, 5) is 4.89. The van der Waals surface area contributed by atoms with Crippen molar-refractivity contribution in [3.8, 4) is 0 Å². The minimum Gasteiger partial charge on any atom is -0.327 e. The van der Waals surface area contributed by atoms with Gasteiger partial charge in [-0.2, -0.15) is 0 Å². The third kappa shape index (κ3) is 5.41. The standard InChI is InChI=1S/C16H35N3/c1-13(2)11-19(10-9-18(5)6)12-14-7-8-16(3,4)15(14)17/h13-15H,7-12,17H2,1-6H3. The van der Waals surface area contributed by atoms with Crippen LogP contribution < -0.4 is 5.73 Å². The molecule has 0 spiro atoms. The van der Waals surface area contributed by atoms with E-state index in [2.05, 4.69) is 51.6 Å². The van der Waals surface area contributed by atoms with Crippen molar-refractivity contribution in [2.24, 2.45) is 23.0 Å². The molecule has 0 saturated heterocycles. The van der Waals surface area contributed by atoms with E-state index in [1.54, 1.807) is 0 Å². The molecule has 2 unspecified atom stereocenters. The maximum atomic E-state index is 6.45. The van der Waals surface area contributed by atoms with Crippen LogP contribution in [-0.2, 0) is 0 Å². The summed E-state index contributed by atoms with van der Waals surface area (Å²) in [6.45, 7) is 13.9. The van der Waals surface area contributed by atoms with Crippen LogP contribution in [0, 0.1) is 17.3 Å². The average Bonchev–Trinajstić information content (AvgIpc) is 2.52. The summed E-state index contributed by atoms with van der Waals surface area (Å²) in [5.41, 5.74) is 6.78. The Morgan fingerprint density at radius 1 is 1.21 bits per heavy atom. The lowest BCUT2D eigenvalue weighted by Gasteiger charge is -2.32. The van der Waals surface area contributed by atoms with Crippen molar-refractivity contribution in [1.82, 2.24) is 9.80 Å². The Balaban J connectivity index is 2.52. The maximum Gasteiger partial charge on any atom is 0.0131 e. The number of nitrogens with two attached hydrogens (primary N) is 1. The highest BCUT2D eigenvalue weighted by atomic mass is 15.2. The molecule has 3 heteroatoms. The van der Waals surface area contributed by atoms with Gasteiger partial charge in [-0.1, -0.05) is 27.7 Å². The van der Waals surface area contributed by atoms with Gasteiger partial charge in [0.05, 0.1) is 0 Å². The highest BCUT2D eigenvalue weighted by Gasteiger charge is 2.39. The van der Waals surface area contributed by atoms with Crippen molar-refractivity contribution in [3.05, 3.63) is 0 Å². The summed E-state index contributed by atoms with van der Waals surface area (Å²) in [6.07, 6.45) is 2.58. The highest BCUT2D eigenvalue weighted by molar-refractivity contribution is 4.95. The minimum atomic E-state index is 0.329. The van der Waals surface area contributed by atoms with Crippen LogP contribution in [0.1, 0.15) is 40.5 Å². The van der Waals surface area contributed by atoms with Crippen LogP contribution in [-0.4, -0.2) is 56.1 Å². The Labute approximate surface area is 120 Å². The van der Waals surface area contributed by atoms with Gasteiger partial charge in [0.15, 0.2) is 0 Å². The van der Waals surface area contributed by atoms with Gasteiger partial charge >= 0.3 is 0 Å². The molecule has 0 aromatic rings. The van der Waals surface area contributed by atoms with E-state index in [0.29, 0.717) is 17.4 Å². The molecule has 1 aliphatic rings. The fourth-order valence-corrected chi connectivity index (χ4v) is 3.19. The van der Waals surface area contributed by atoms with E-state index >= 15 is 0 Å². The molecule has 0 aromatic carbocycles. The summed E-state index contributed by atoms with van der Waals surface area (Å²) in [5.74, 6) is 1.41. The molecule has 2 N–H and O–H groups in total. The molecule has 114 valence electrons. The summed E-state index contributed by atoms with van der Waals surface area (Å²) < 4.78 is 0. The topological polar surface area (TPSA) is 32.5 Å². The number of nitrogens with zero attached hydrogens (tertiary/aromatic N) is 2. The first-order chi connectivity index (χ1) is 8.72. The quantitative estimate of drug-likeness (QED) is 0.769. The Hall–Kier alpha value is -0.120. The number of rotatable bonds is 7. The fourth-order valence-electron chi connectivity index (χ4n) is 3.19. The first-order valence-electron chi connectivity index (χ1n) is 7.85. The minimum absolute atomic E-state index is 0.329. The van der Waals surface area contributed by atoms with Crippen LogP contribution in [0.15, 0.2) is 0 Å². The van der Waals surface area contributed by atoms with Crippen LogP contribution in [0.4, 0.5) is 0 Å². The molecule has 0 radical (unpaired) electrons. The lowest BCUT2D eigenvalue weighted by atomic mass is 9.85. The summed E-state index contributed by atoms with van der Waals surface area (Å²) in [5, 5.41) is 0. The molecular formula is C16H35N3. The molecule has 0 amide bonds. The molecule has 2 atom stereocenters. The van der Waals surface area contributed by atoms with E-state index in [4.69, 9.17) is 5.73 Å². The Morgan fingerprint density at radius 2 is 1.84 bits per heavy atom. The zero-order valence-corrected chi connectivity index (χ0v) is 13.9. The number of likely N-dealkylation sites (N-methyl/N-ethyl adjacent to an activating group) is 1. The van der Waals surface area contributed by atoms with E-state index in [9.17, 15) is 0 Å². The van der Waals surface area contributed by atoms with Gasteiger partial charge < -0.3 is 15.5 Å². The lowest BCUT2D eigenvalue weighted by molar-refractivity contribution is 0.174. The first-order valence-corrected chi connectivity index (χ1v) is 7.85. The van der Waals surface area contributed by atoms with Gasteiger partial charge in [-0.25, -0.2) is 0 Å². The molecule has 1 aliphatic carbocycles. The molecule has 1 fully saturated rings. The summed E-state index contributed by atoms with van der Waals surface area (Å²) in [7, 11) is 4.30. The van der Waals surface area contributed by atoms with Crippen molar-refractivity contribution in [2.45, 2.75) is 46.6 Å². The van der Waals surface area contributed by atoms with Gasteiger partial charge in [-0.15, -0.1) is 0 Å². The van der Waals surface area contributed by atoms with E-state index < -0.39 is 0 Å². The molecule has 0 bridgehead atoms. The van der Waals surface area contributed by atoms with Crippen molar-refractivity contribution in [1.29, 1.82) is 0 Å². The van der Waals surface area contributed by atoms with E-state index in [1.807, 2.05) is 0 Å². The van der Waals surface area contributed by atoms with Crippen LogP contribution in [0.25, 0.3) is 0 Å². The first kappa shape index (κ1) is 16.9. The van der Waals surface area contributed by atoms with Crippen molar-refractivity contribution in [2.75, 3.05) is 40.3 Å². The number of hydrogen-bond acceptors (Lipinski definition) is 3. The molecule has 19 heavy (non-hydrogen) atoms. The Morgan fingerprint density at radius 3 is 2.26 bits per heavy atom. The zero-order valence-electron chi connectivity index (χ0n) is 13.9. The van der Waals surface area contributed by atoms with Gasteiger partial charge in [0.1, 0.15) is 0 Å². The van der Waals surface area contributed by atoms with Crippen LogP contribution in [0.5, 0.6) is 0 Å². The molecule has 0 heterocycles. The molecular weight excluding hydrogens is 234 g/mol. The molecule has 3 nitrogen and oxygen atoms in total. The van der Waals surface area contributed by atoms with Crippen molar-refractivity contribution >= 4 is 0 Å². The predicted octanol–water partition coefficient (Wildman–Crippen LogP) is 2.27. The second-order valence-electron chi connectivity index (χ2n) is 7.77. The SMILES string of the molecule is CC(C)CN(CCN(C)C)CC1CCC(C)(C)C1N. The predicted molar refractivity (Wildman–Crippen MR) is 84.3 cm³/mol. The fraction of sp³-hybridized carbons (Fsp3) is 1.00. The highest BCUT2D eigenvalue weighted by Crippen LogP contribution is 2.40. The van der Waals surface area contributed by atoms with E-state index in [-0.39, 0.29) is 0 Å². The van der Waals surface area contributed by atoms with E-state index in [1.165, 1.54) is 25.9 Å². The van der Waals surface area contributed by atoms with Gasteiger partial charge in [0.25, 0.3) is 0 Å². The van der Waals surface area contributed by atoms with Crippen LogP contribution >= 0.6 is 0 Å². The van der Waals surface area contributed by atoms with E-state index in [0.717, 1.165) is 19.0 Å². The van der Waals surface area contributed by atoms with Crippen molar-refractivity contribution in [3.63, 3.8) is 0 Å². The average molecular weight is 269 g/mol. The monoisotopic (exact) mass is 269 g/mol. The van der Waals surface area contributed by atoms with Gasteiger partial charge in [0, 0.05) is 32.2 Å². The van der Waals surface area contributed by atoms with Crippen LogP contribution in [0.2, 0.25) is 0 Å². The Bertz CT molecular complexity index is 261. The van der Waals surface area contributed by atoms with Gasteiger partial charge in [0.2, 0.25) is 0 Å². The summed E-state index contributed by atoms with van der Waals surface area (Å²) >= 11 is 0. The van der Waals surface area contributed by atoms with Gasteiger partial charge in [-0.3, -0.25) is 0 Å². The zero-order chi connectivity index (χ0) is 14.6. The van der Waals surface area contributed by atoms with Gasteiger partial charge in [-0.05, 0) is 44.2 Å².